The summed E-state index contributed by atoms with van der Waals surface area (Å²) in [5.74, 6) is 0.912. The summed E-state index contributed by atoms with van der Waals surface area (Å²) in [4.78, 5) is 6.92. The maximum absolute atomic E-state index is 5.32. The molecule has 1 atom stereocenters. The molecule has 3 rings (SSSR count). The topological polar surface area (TPSA) is 48.9 Å². The molecule has 2 aliphatic rings. The Kier molecular flexibility index (Phi) is 7.96. The Balaban J connectivity index is 0.00000225. The number of likely N-dealkylation sites (tertiary alicyclic amines) is 1. The van der Waals surface area contributed by atoms with Crippen molar-refractivity contribution in [2.45, 2.75) is 32.4 Å². The van der Waals surface area contributed by atoms with Crippen LogP contribution in [0.1, 0.15) is 25.3 Å². The predicted molar refractivity (Wildman–Crippen MR) is 114 cm³/mol. The second-order valence-electron chi connectivity index (χ2n) is 7.43. The van der Waals surface area contributed by atoms with E-state index < -0.39 is 0 Å². The normalized spacial score (nSPS) is 23.3. The number of halogens is 1. The molecule has 0 aliphatic carbocycles. The van der Waals surface area contributed by atoms with E-state index in [4.69, 9.17) is 4.74 Å². The van der Waals surface area contributed by atoms with Gasteiger partial charge in [0.1, 0.15) is 0 Å². The number of benzene rings is 1. The largest absolute Gasteiger partial charge is 0.380 e. The van der Waals surface area contributed by atoms with E-state index in [-0.39, 0.29) is 29.4 Å². The van der Waals surface area contributed by atoms with Crippen LogP contribution >= 0.6 is 24.0 Å². The Morgan fingerprint density at radius 1 is 1.32 bits per heavy atom. The van der Waals surface area contributed by atoms with Gasteiger partial charge in [0, 0.05) is 38.1 Å². The first-order chi connectivity index (χ1) is 11.7. The highest BCUT2D eigenvalue weighted by Gasteiger charge is 2.33. The van der Waals surface area contributed by atoms with Crippen LogP contribution in [0.2, 0.25) is 0 Å². The third-order valence-electron chi connectivity index (χ3n) is 4.90. The molecule has 2 saturated heterocycles. The number of hydrogen-bond acceptors (Lipinski definition) is 3. The van der Waals surface area contributed by atoms with Gasteiger partial charge in [-0.05, 0) is 24.9 Å². The number of hydrogen-bond donors (Lipinski definition) is 2. The third kappa shape index (κ3) is 6.11. The molecule has 0 amide bonds. The zero-order valence-electron chi connectivity index (χ0n) is 15.3. The lowest BCUT2D eigenvalue weighted by molar-refractivity contribution is -0.0971. The Hall–Kier alpha value is -0.860. The molecule has 0 spiro atoms. The van der Waals surface area contributed by atoms with E-state index >= 15 is 0 Å². The molecule has 0 aromatic heterocycles. The number of aliphatic imine (C=N–C) groups is 1. The maximum atomic E-state index is 5.32. The molecule has 2 heterocycles. The minimum absolute atomic E-state index is 0. The molecule has 2 aliphatic heterocycles. The lowest BCUT2D eigenvalue weighted by Crippen LogP contribution is -2.54. The van der Waals surface area contributed by atoms with Crippen LogP contribution in [0.15, 0.2) is 35.3 Å². The Morgan fingerprint density at radius 3 is 2.72 bits per heavy atom. The highest BCUT2D eigenvalue weighted by molar-refractivity contribution is 14.0. The fourth-order valence-corrected chi connectivity index (χ4v) is 3.40. The second-order valence-corrected chi connectivity index (χ2v) is 7.43. The Labute approximate surface area is 168 Å². The maximum Gasteiger partial charge on any atom is 0.191 e. The molecular weight excluding hydrogens is 427 g/mol. The van der Waals surface area contributed by atoms with Crippen molar-refractivity contribution >= 4 is 29.9 Å². The van der Waals surface area contributed by atoms with Crippen LogP contribution in [-0.2, 0) is 11.3 Å². The molecule has 2 N–H and O–H groups in total. The van der Waals surface area contributed by atoms with E-state index in [1.807, 2.05) is 7.05 Å². The average Bonchev–Trinajstić information content (AvgIpc) is 2.58. The molecule has 1 aromatic carbocycles. The SMILES string of the molecule is CN=C(NCC1(C)COC1)NC1CCCN(Cc2ccccc2)C1.I. The average molecular weight is 458 g/mol. The summed E-state index contributed by atoms with van der Waals surface area (Å²) in [6.45, 7) is 8.10. The van der Waals surface area contributed by atoms with Crippen LogP contribution in [-0.4, -0.2) is 56.8 Å². The number of nitrogens with one attached hydrogen (secondary N) is 2. The quantitative estimate of drug-likeness (QED) is 0.405. The zero-order valence-corrected chi connectivity index (χ0v) is 17.7. The minimum Gasteiger partial charge on any atom is -0.380 e. The lowest BCUT2D eigenvalue weighted by atomic mass is 9.89. The highest BCUT2D eigenvalue weighted by Crippen LogP contribution is 2.25. The van der Waals surface area contributed by atoms with Crippen molar-refractivity contribution in [1.29, 1.82) is 0 Å². The number of nitrogens with zero attached hydrogens (tertiary/aromatic N) is 2. The standard InChI is InChI=1S/C19H30N4O.HI/c1-19(14-24-15-19)13-21-18(20-2)22-17-9-6-10-23(12-17)11-16-7-4-3-5-8-16;/h3-5,7-8,17H,6,9-15H2,1-2H3,(H2,20,21,22);1H. The van der Waals surface area contributed by atoms with Crippen LogP contribution in [0.4, 0.5) is 0 Å². The summed E-state index contributed by atoms with van der Waals surface area (Å²) in [6, 6.07) is 11.2. The number of rotatable bonds is 5. The summed E-state index contributed by atoms with van der Waals surface area (Å²) < 4.78 is 5.32. The monoisotopic (exact) mass is 458 g/mol. The van der Waals surface area contributed by atoms with Gasteiger partial charge in [0.25, 0.3) is 0 Å². The van der Waals surface area contributed by atoms with Gasteiger partial charge in [-0.2, -0.15) is 0 Å². The van der Waals surface area contributed by atoms with Gasteiger partial charge in [-0.15, -0.1) is 24.0 Å². The number of guanidine groups is 1. The van der Waals surface area contributed by atoms with E-state index in [0.717, 1.165) is 38.8 Å². The molecule has 5 nitrogen and oxygen atoms in total. The van der Waals surface area contributed by atoms with E-state index in [2.05, 4.69) is 57.8 Å². The van der Waals surface area contributed by atoms with Crippen LogP contribution in [0, 0.1) is 5.41 Å². The van der Waals surface area contributed by atoms with Gasteiger partial charge < -0.3 is 15.4 Å². The Morgan fingerprint density at radius 2 is 2.08 bits per heavy atom. The van der Waals surface area contributed by atoms with Gasteiger partial charge in [-0.1, -0.05) is 37.3 Å². The molecule has 0 saturated carbocycles. The third-order valence-corrected chi connectivity index (χ3v) is 4.90. The molecule has 25 heavy (non-hydrogen) atoms. The van der Waals surface area contributed by atoms with Crippen molar-refractivity contribution in [3.8, 4) is 0 Å². The molecule has 140 valence electrons. The first-order valence-electron chi connectivity index (χ1n) is 8.98. The summed E-state index contributed by atoms with van der Waals surface area (Å²) >= 11 is 0. The van der Waals surface area contributed by atoms with Crippen molar-refractivity contribution in [3.05, 3.63) is 35.9 Å². The molecule has 0 bridgehead atoms. The number of ether oxygens (including phenoxy) is 1. The van der Waals surface area contributed by atoms with Crippen molar-refractivity contribution in [3.63, 3.8) is 0 Å². The van der Waals surface area contributed by atoms with Crippen molar-refractivity contribution in [2.24, 2.45) is 10.4 Å². The van der Waals surface area contributed by atoms with Gasteiger partial charge in [0.2, 0.25) is 0 Å². The second kappa shape index (κ2) is 9.73. The summed E-state index contributed by atoms with van der Waals surface area (Å²) in [6.07, 6.45) is 2.43. The molecule has 1 unspecified atom stereocenters. The number of piperidine rings is 1. The fourth-order valence-electron chi connectivity index (χ4n) is 3.40. The molecular formula is C19H31IN4O. The van der Waals surface area contributed by atoms with Crippen molar-refractivity contribution in [2.75, 3.05) is 39.9 Å². The van der Waals surface area contributed by atoms with Gasteiger partial charge in [0.15, 0.2) is 5.96 Å². The fraction of sp³-hybridized carbons (Fsp3) is 0.632. The van der Waals surface area contributed by atoms with Crippen LogP contribution < -0.4 is 10.6 Å². The predicted octanol–water partition coefficient (Wildman–Crippen LogP) is 2.47. The lowest BCUT2D eigenvalue weighted by Gasteiger charge is -2.39. The molecule has 1 aromatic rings. The van der Waals surface area contributed by atoms with Gasteiger partial charge >= 0.3 is 0 Å². The summed E-state index contributed by atoms with van der Waals surface area (Å²) in [5, 5.41) is 7.06. The van der Waals surface area contributed by atoms with Crippen molar-refractivity contribution in [1.82, 2.24) is 15.5 Å². The van der Waals surface area contributed by atoms with E-state index in [1.54, 1.807) is 0 Å². The van der Waals surface area contributed by atoms with Crippen molar-refractivity contribution < 1.29 is 4.74 Å². The van der Waals surface area contributed by atoms with Gasteiger partial charge in [-0.3, -0.25) is 9.89 Å². The first kappa shape index (κ1) is 20.5. The molecule has 0 radical (unpaired) electrons. The first-order valence-corrected chi connectivity index (χ1v) is 8.98. The minimum atomic E-state index is 0. The molecule has 6 heteroatoms. The summed E-state index contributed by atoms with van der Waals surface area (Å²) in [7, 11) is 1.85. The van der Waals surface area contributed by atoms with E-state index in [9.17, 15) is 0 Å². The Bertz CT molecular complexity index is 548. The van der Waals surface area contributed by atoms with Gasteiger partial charge in [-0.25, -0.2) is 0 Å². The zero-order chi connectivity index (χ0) is 16.8. The summed E-state index contributed by atoms with van der Waals surface area (Å²) in [5.41, 5.74) is 1.64. The van der Waals surface area contributed by atoms with E-state index in [0.29, 0.717) is 6.04 Å². The molecule has 2 fully saturated rings. The van der Waals surface area contributed by atoms with Gasteiger partial charge in [0.05, 0.1) is 13.2 Å². The van der Waals surface area contributed by atoms with Crippen LogP contribution in [0.5, 0.6) is 0 Å². The van der Waals surface area contributed by atoms with Crippen LogP contribution in [0.3, 0.4) is 0 Å². The smallest absolute Gasteiger partial charge is 0.191 e. The highest BCUT2D eigenvalue weighted by atomic mass is 127. The van der Waals surface area contributed by atoms with Crippen LogP contribution in [0.25, 0.3) is 0 Å². The van der Waals surface area contributed by atoms with E-state index in [1.165, 1.54) is 24.9 Å².